The van der Waals surface area contributed by atoms with E-state index in [4.69, 9.17) is 0 Å². The minimum absolute atomic E-state index is 0.0120. The van der Waals surface area contributed by atoms with E-state index in [-0.39, 0.29) is 36.6 Å². The van der Waals surface area contributed by atoms with E-state index in [1.807, 2.05) is 6.92 Å². The number of fused-ring (bicyclic) bond motifs is 1. The third kappa shape index (κ3) is 4.52. The summed E-state index contributed by atoms with van der Waals surface area (Å²) in [5, 5.41) is 5.77. The van der Waals surface area contributed by atoms with Gasteiger partial charge >= 0.3 is 6.61 Å². The number of nitrogens with one attached hydrogen (secondary N) is 2. The Bertz CT molecular complexity index is 827. The molecule has 0 spiro atoms. The summed E-state index contributed by atoms with van der Waals surface area (Å²) >= 11 is 0. The molecule has 6 nitrogen and oxygen atoms in total. The summed E-state index contributed by atoms with van der Waals surface area (Å²) in [6.07, 6.45) is 0.195. The average molecular weight is 375 g/mol. The molecule has 0 fully saturated rings. The molecule has 3 rings (SSSR count). The summed E-state index contributed by atoms with van der Waals surface area (Å²) in [5.41, 5.74) is 1.83. The molecule has 2 aromatic carbocycles. The van der Waals surface area contributed by atoms with E-state index in [9.17, 15) is 18.4 Å². The second-order valence-corrected chi connectivity index (χ2v) is 6.14. The number of anilines is 3. The Morgan fingerprint density at radius 2 is 1.96 bits per heavy atom. The van der Waals surface area contributed by atoms with Crippen molar-refractivity contribution >= 4 is 28.9 Å². The van der Waals surface area contributed by atoms with Gasteiger partial charge in [0.15, 0.2) is 0 Å². The molecular weight excluding hydrogens is 356 g/mol. The van der Waals surface area contributed by atoms with Gasteiger partial charge in [-0.3, -0.25) is 9.59 Å². The highest BCUT2D eigenvalue weighted by molar-refractivity contribution is 6.05. The summed E-state index contributed by atoms with van der Waals surface area (Å²) in [7, 11) is 0. The number of amides is 2. The van der Waals surface area contributed by atoms with Gasteiger partial charge in [-0.05, 0) is 43.3 Å². The van der Waals surface area contributed by atoms with Gasteiger partial charge < -0.3 is 20.3 Å². The lowest BCUT2D eigenvalue weighted by Crippen LogP contribution is -2.42. The Balaban J connectivity index is 1.71. The number of nitrogens with zero attached hydrogens (tertiary/aromatic N) is 1. The van der Waals surface area contributed by atoms with Crippen molar-refractivity contribution in [1.82, 2.24) is 0 Å². The molecular formula is C19H19F2N3O3. The number of hydrogen-bond acceptors (Lipinski definition) is 4. The van der Waals surface area contributed by atoms with Crippen molar-refractivity contribution in [3.05, 3.63) is 48.5 Å². The molecule has 142 valence electrons. The van der Waals surface area contributed by atoms with E-state index < -0.39 is 6.61 Å². The van der Waals surface area contributed by atoms with Crippen LogP contribution in [0.15, 0.2) is 48.5 Å². The van der Waals surface area contributed by atoms with Crippen LogP contribution in [0.3, 0.4) is 0 Å². The smallest absolute Gasteiger partial charge is 0.387 e. The van der Waals surface area contributed by atoms with Crippen molar-refractivity contribution in [2.75, 3.05) is 22.1 Å². The molecule has 0 aliphatic carbocycles. The Morgan fingerprint density at radius 1 is 1.26 bits per heavy atom. The van der Waals surface area contributed by atoms with Gasteiger partial charge in [0.2, 0.25) is 11.8 Å². The SMILES string of the molecule is C[C@@H]1CC(=O)Nc2ccccc2N1C(=O)CNc1ccc(OC(F)F)cc1. The van der Waals surface area contributed by atoms with Crippen LogP contribution in [-0.2, 0) is 9.59 Å². The number of hydrogen-bond donors (Lipinski definition) is 2. The van der Waals surface area contributed by atoms with Crippen LogP contribution in [0, 0.1) is 0 Å². The van der Waals surface area contributed by atoms with E-state index in [1.54, 1.807) is 41.3 Å². The molecule has 0 radical (unpaired) electrons. The van der Waals surface area contributed by atoms with Crippen molar-refractivity contribution in [1.29, 1.82) is 0 Å². The topological polar surface area (TPSA) is 70.7 Å². The number of carbonyl (C=O) groups is 2. The number of rotatable bonds is 5. The minimum Gasteiger partial charge on any atom is -0.435 e. The van der Waals surface area contributed by atoms with Gasteiger partial charge in [-0.25, -0.2) is 0 Å². The number of para-hydroxylation sites is 2. The fourth-order valence-electron chi connectivity index (χ4n) is 2.98. The van der Waals surface area contributed by atoms with Crippen LogP contribution in [0.25, 0.3) is 0 Å². The maximum atomic E-state index is 12.8. The Hall–Kier alpha value is -3.16. The summed E-state index contributed by atoms with van der Waals surface area (Å²) < 4.78 is 28.7. The third-order valence-electron chi connectivity index (χ3n) is 4.15. The Morgan fingerprint density at radius 3 is 2.67 bits per heavy atom. The monoisotopic (exact) mass is 375 g/mol. The number of ether oxygens (including phenoxy) is 1. The van der Waals surface area contributed by atoms with Crippen molar-refractivity contribution in [3.63, 3.8) is 0 Å². The highest BCUT2D eigenvalue weighted by Crippen LogP contribution is 2.31. The Kier molecular flexibility index (Phi) is 5.54. The van der Waals surface area contributed by atoms with Crippen LogP contribution in [0.4, 0.5) is 25.8 Å². The van der Waals surface area contributed by atoms with Gasteiger partial charge in [-0.15, -0.1) is 0 Å². The molecule has 27 heavy (non-hydrogen) atoms. The molecule has 1 aliphatic heterocycles. The fraction of sp³-hybridized carbons (Fsp3) is 0.263. The quantitative estimate of drug-likeness (QED) is 0.840. The first-order valence-corrected chi connectivity index (χ1v) is 8.43. The first-order valence-electron chi connectivity index (χ1n) is 8.43. The summed E-state index contributed by atoms with van der Waals surface area (Å²) in [6.45, 7) is -1.08. The van der Waals surface area contributed by atoms with Gasteiger partial charge in [-0.2, -0.15) is 8.78 Å². The average Bonchev–Trinajstić information content (AvgIpc) is 2.74. The van der Waals surface area contributed by atoms with Gasteiger partial charge in [0.25, 0.3) is 0 Å². The van der Waals surface area contributed by atoms with Crippen LogP contribution in [-0.4, -0.2) is 31.0 Å². The fourth-order valence-corrected chi connectivity index (χ4v) is 2.98. The summed E-state index contributed by atoms with van der Waals surface area (Å²) in [6, 6.07) is 12.7. The molecule has 0 aromatic heterocycles. The predicted octanol–water partition coefficient (Wildman–Crippen LogP) is 3.46. The van der Waals surface area contributed by atoms with Crippen LogP contribution >= 0.6 is 0 Å². The van der Waals surface area contributed by atoms with E-state index in [1.165, 1.54) is 12.1 Å². The lowest BCUT2D eigenvalue weighted by Gasteiger charge is -2.28. The number of alkyl halides is 2. The van der Waals surface area contributed by atoms with Crippen molar-refractivity contribution in [2.24, 2.45) is 0 Å². The minimum atomic E-state index is -2.88. The third-order valence-corrected chi connectivity index (χ3v) is 4.15. The molecule has 1 atom stereocenters. The lowest BCUT2D eigenvalue weighted by molar-refractivity contribution is -0.118. The Labute approximate surface area is 155 Å². The normalized spacial score (nSPS) is 16.4. The van der Waals surface area contributed by atoms with Crippen LogP contribution < -0.4 is 20.3 Å². The molecule has 2 N–H and O–H groups in total. The molecule has 0 saturated heterocycles. The molecule has 0 unspecified atom stereocenters. The molecule has 0 saturated carbocycles. The van der Waals surface area contributed by atoms with Gasteiger partial charge in [0.1, 0.15) is 5.75 Å². The first-order chi connectivity index (χ1) is 12.9. The number of benzene rings is 2. The number of halogens is 2. The lowest BCUT2D eigenvalue weighted by atomic mass is 10.1. The molecule has 2 aromatic rings. The molecule has 0 bridgehead atoms. The zero-order valence-electron chi connectivity index (χ0n) is 14.6. The highest BCUT2D eigenvalue weighted by atomic mass is 19.3. The van der Waals surface area contributed by atoms with E-state index in [0.29, 0.717) is 17.1 Å². The molecule has 8 heteroatoms. The van der Waals surface area contributed by atoms with Crippen LogP contribution in [0.5, 0.6) is 5.75 Å². The van der Waals surface area contributed by atoms with Crippen molar-refractivity contribution in [2.45, 2.75) is 26.0 Å². The summed E-state index contributed by atoms with van der Waals surface area (Å²) in [4.78, 5) is 26.4. The van der Waals surface area contributed by atoms with Gasteiger partial charge in [0, 0.05) is 18.2 Å². The zero-order valence-corrected chi connectivity index (χ0v) is 14.6. The molecule has 1 aliphatic rings. The standard InChI is InChI=1S/C19H19F2N3O3/c1-12-10-17(25)23-15-4-2-3-5-16(15)24(12)18(26)11-22-13-6-8-14(9-7-13)27-19(20)21/h2-9,12,19,22H,10-11H2,1H3,(H,23,25)/t12-/m1/s1. The maximum absolute atomic E-state index is 12.8. The second-order valence-electron chi connectivity index (χ2n) is 6.14. The predicted molar refractivity (Wildman–Crippen MR) is 98.2 cm³/mol. The summed E-state index contributed by atoms with van der Waals surface area (Å²) in [5.74, 6) is -0.311. The van der Waals surface area contributed by atoms with E-state index in [2.05, 4.69) is 15.4 Å². The van der Waals surface area contributed by atoms with Crippen LogP contribution in [0.1, 0.15) is 13.3 Å². The number of carbonyl (C=O) groups excluding carboxylic acids is 2. The molecule has 1 heterocycles. The van der Waals surface area contributed by atoms with Crippen molar-refractivity contribution in [3.8, 4) is 5.75 Å². The largest absolute Gasteiger partial charge is 0.435 e. The van der Waals surface area contributed by atoms with E-state index in [0.717, 1.165) is 0 Å². The maximum Gasteiger partial charge on any atom is 0.387 e. The van der Waals surface area contributed by atoms with Crippen LogP contribution in [0.2, 0.25) is 0 Å². The first kappa shape index (κ1) is 18.6. The highest BCUT2D eigenvalue weighted by Gasteiger charge is 2.29. The zero-order chi connectivity index (χ0) is 19.4. The van der Waals surface area contributed by atoms with Gasteiger partial charge in [-0.1, -0.05) is 12.1 Å². The molecule has 2 amide bonds. The van der Waals surface area contributed by atoms with E-state index >= 15 is 0 Å². The van der Waals surface area contributed by atoms with Gasteiger partial charge in [0.05, 0.1) is 17.9 Å². The van der Waals surface area contributed by atoms with Crippen molar-refractivity contribution < 1.29 is 23.1 Å². The second kappa shape index (κ2) is 8.03.